The number of carbonyl (C=O) groups excluding carboxylic acids is 4. The van der Waals surface area contributed by atoms with Crippen molar-refractivity contribution in [3.63, 3.8) is 0 Å². The Labute approximate surface area is 224 Å². The number of urea groups is 1. The van der Waals surface area contributed by atoms with Gasteiger partial charge in [0.15, 0.2) is 0 Å². The first-order chi connectivity index (χ1) is 18.3. The van der Waals surface area contributed by atoms with Crippen LogP contribution in [0.3, 0.4) is 0 Å². The molecule has 1 heterocycles. The van der Waals surface area contributed by atoms with Crippen LogP contribution in [0.4, 0.5) is 10.5 Å². The number of amides is 4. The summed E-state index contributed by atoms with van der Waals surface area (Å²) in [4.78, 5) is 51.1. The van der Waals surface area contributed by atoms with Crippen LogP contribution < -0.4 is 16.0 Å². The van der Waals surface area contributed by atoms with Crippen LogP contribution in [0, 0.1) is 0 Å². The number of nitrogens with zero attached hydrogens (tertiary/aromatic N) is 2. The summed E-state index contributed by atoms with van der Waals surface area (Å²) in [6.07, 6.45) is 3.79. The highest BCUT2D eigenvalue weighted by atomic mass is 16.5. The molecule has 3 N–H and O–H groups in total. The van der Waals surface area contributed by atoms with E-state index in [1.54, 1.807) is 7.05 Å². The van der Waals surface area contributed by atoms with E-state index in [0.29, 0.717) is 25.3 Å². The van der Waals surface area contributed by atoms with E-state index in [9.17, 15) is 19.2 Å². The summed E-state index contributed by atoms with van der Waals surface area (Å²) in [5, 5.41) is 8.26. The molecule has 0 radical (unpaired) electrons. The number of methoxy groups -OCH3 is 2. The molecule has 0 atom stereocenters. The molecule has 1 fully saturated rings. The third-order valence-corrected chi connectivity index (χ3v) is 6.54. The summed E-state index contributed by atoms with van der Waals surface area (Å²) in [5.74, 6) is -0.167. The van der Waals surface area contributed by atoms with Crippen molar-refractivity contribution in [2.75, 3.05) is 65.9 Å². The van der Waals surface area contributed by atoms with Crippen LogP contribution in [-0.2, 0) is 23.9 Å². The van der Waals surface area contributed by atoms with Crippen LogP contribution in [0.1, 0.15) is 44.1 Å². The summed E-state index contributed by atoms with van der Waals surface area (Å²) in [6, 6.07) is 7.79. The molecule has 1 aromatic rings. The van der Waals surface area contributed by atoms with Gasteiger partial charge in [-0.15, -0.1) is 0 Å². The van der Waals surface area contributed by atoms with Gasteiger partial charge in [0.2, 0.25) is 12.3 Å². The lowest BCUT2D eigenvalue weighted by atomic mass is 9.89. The topological polar surface area (TPSA) is 129 Å². The number of nitrogens with one attached hydrogen (secondary N) is 3. The maximum absolute atomic E-state index is 12.6. The van der Waals surface area contributed by atoms with E-state index >= 15 is 0 Å². The number of anilines is 1. The van der Waals surface area contributed by atoms with Crippen molar-refractivity contribution in [2.24, 2.45) is 0 Å². The molecular weight excluding hydrogens is 490 g/mol. The predicted octanol–water partition coefficient (Wildman–Crippen LogP) is 2.07. The SMILES string of the molecule is CCC(=O)Nc1cccc(C2CCN(CCCNC(=O)N(C)C/C(C(=O)OC)=C(/COC)NC=O)CC2)c1. The molecule has 0 bridgehead atoms. The number of likely N-dealkylation sites (N-methyl/N-ethyl adjacent to an activating group) is 1. The third-order valence-electron chi connectivity index (χ3n) is 6.54. The zero-order chi connectivity index (χ0) is 27.9. The van der Waals surface area contributed by atoms with Gasteiger partial charge in [0.05, 0.1) is 31.5 Å². The highest BCUT2D eigenvalue weighted by Crippen LogP contribution is 2.29. The lowest BCUT2D eigenvalue weighted by Gasteiger charge is -2.32. The van der Waals surface area contributed by atoms with Gasteiger partial charge in [-0.1, -0.05) is 19.1 Å². The van der Waals surface area contributed by atoms with Gasteiger partial charge in [0.1, 0.15) is 0 Å². The Morgan fingerprint density at radius 3 is 2.55 bits per heavy atom. The maximum atomic E-state index is 12.6. The fourth-order valence-corrected chi connectivity index (χ4v) is 4.39. The molecular formula is C27H41N5O6. The first kappa shape index (κ1) is 30.8. The number of benzene rings is 1. The Bertz CT molecular complexity index is 974. The third kappa shape index (κ3) is 9.79. The van der Waals surface area contributed by atoms with Crippen molar-refractivity contribution in [3.05, 3.63) is 41.1 Å². The lowest BCUT2D eigenvalue weighted by Crippen LogP contribution is -2.41. The van der Waals surface area contributed by atoms with Gasteiger partial charge in [-0.2, -0.15) is 0 Å². The zero-order valence-corrected chi connectivity index (χ0v) is 22.9. The Morgan fingerprint density at radius 2 is 1.92 bits per heavy atom. The van der Waals surface area contributed by atoms with E-state index in [1.807, 2.05) is 19.1 Å². The number of hydrogen-bond acceptors (Lipinski definition) is 7. The summed E-state index contributed by atoms with van der Waals surface area (Å²) in [7, 11) is 4.24. The molecule has 38 heavy (non-hydrogen) atoms. The summed E-state index contributed by atoms with van der Waals surface area (Å²) < 4.78 is 9.85. The van der Waals surface area contributed by atoms with Crippen molar-refractivity contribution < 1.29 is 28.7 Å². The zero-order valence-electron chi connectivity index (χ0n) is 22.9. The van der Waals surface area contributed by atoms with Crippen LogP contribution in [-0.4, -0.2) is 94.7 Å². The fraction of sp³-hybridized carbons (Fsp3) is 0.556. The minimum absolute atomic E-state index is 0.00379. The van der Waals surface area contributed by atoms with E-state index in [0.717, 1.165) is 44.6 Å². The van der Waals surface area contributed by atoms with Crippen LogP contribution in [0.25, 0.3) is 0 Å². The molecule has 0 saturated carbocycles. The molecule has 4 amide bonds. The van der Waals surface area contributed by atoms with Crippen molar-refractivity contribution in [1.29, 1.82) is 0 Å². The van der Waals surface area contributed by atoms with Crippen molar-refractivity contribution in [2.45, 2.75) is 38.5 Å². The lowest BCUT2D eigenvalue weighted by molar-refractivity contribution is -0.136. The standard InChI is InChI=1S/C27H41N5O6/c1-5-25(34)30-22-9-6-8-21(16-22)20-10-14-32(15-11-20)13-7-12-28-27(36)31(2)17-23(26(35)38-4)24(18-37-3)29-19-33/h6,8-9,16,19-20H,5,7,10-15,17-18H2,1-4H3,(H,28,36)(H,29,33)(H,30,34)/b24-23+. The molecule has 0 unspecified atom stereocenters. The highest BCUT2D eigenvalue weighted by Gasteiger charge is 2.22. The Morgan fingerprint density at radius 1 is 1.18 bits per heavy atom. The molecule has 1 saturated heterocycles. The van der Waals surface area contributed by atoms with Crippen molar-refractivity contribution >= 4 is 30.0 Å². The number of hydrogen-bond donors (Lipinski definition) is 3. The molecule has 1 aliphatic heterocycles. The maximum Gasteiger partial charge on any atom is 0.337 e. The Kier molecular flexibility index (Phi) is 13.3. The van der Waals surface area contributed by atoms with Crippen molar-refractivity contribution in [3.8, 4) is 0 Å². The molecule has 2 rings (SSSR count). The number of likely N-dealkylation sites (tertiary alicyclic amines) is 1. The average Bonchev–Trinajstić information content (AvgIpc) is 2.93. The smallest absolute Gasteiger partial charge is 0.337 e. The summed E-state index contributed by atoms with van der Waals surface area (Å²) in [6.45, 7) is 5.11. The molecule has 11 nitrogen and oxygen atoms in total. The number of ether oxygens (including phenoxy) is 2. The summed E-state index contributed by atoms with van der Waals surface area (Å²) in [5.41, 5.74) is 2.49. The largest absolute Gasteiger partial charge is 0.466 e. The van der Waals surface area contributed by atoms with Crippen LogP contribution >= 0.6 is 0 Å². The molecule has 1 aliphatic rings. The Hall–Kier alpha value is -3.44. The van der Waals surface area contributed by atoms with Crippen LogP contribution in [0.2, 0.25) is 0 Å². The van der Waals surface area contributed by atoms with Crippen LogP contribution in [0.15, 0.2) is 35.5 Å². The van der Waals surface area contributed by atoms with Crippen molar-refractivity contribution in [1.82, 2.24) is 20.4 Å². The molecule has 210 valence electrons. The average molecular weight is 532 g/mol. The first-order valence-electron chi connectivity index (χ1n) is 12.9. The van der Waals surface area contributed by atoms with E-state index < -0.39 is 5.97 Å². The van der Waals surface area contributed by atoms with Crippen LogP contribution in [0.5, 0.6) is 0 Å². The second kappa shape index (κ2) is 16.4. The monoisotopic (exact) mass is 531 g/mol. The van der Waals surface area contributed by atoms with Gasteiger partial charge in [-0.25, -0.2) is 9.59 Å². The van der Waals surface area contributed by atoms with Gasteiger partial charge >= 0.3 is 12.0 Å². The van der Waals surface area contributed by atoms with Gasteiger partial charge in [0.25, 0.3) is 0 Å². The Balaban J connectivity index is 1.77. The van der Waals surface area contributed by atoms with E-state index in [4.69, 9.17) is 9.47 Å². The predicted molar refractivity (Wildman–Crippen MR) is 145 cm³/mol. The van der Waals surface area contributed by atoms with E-state index in [1.165, 1.54) is 24.7 Å². The fourth-order valence-electron chi connectivity index (χ4n) is 4.39. The molecule has 0 aliphatic carbocycles. The van der Waals surface area contributed by atoms with E-state index in [2.05, 4.69) is 33.0 Å². The first-order valence-corrected chi connectivity index (χ1v) is 12.9. The minimum Gasteiger partial charge on any atom is -0.466 e. The molecule has 0 aromatic heterocycles. The molecule has 11 heteroatoms. The number of carbonyl (C=O) groups is 4. The minimum atomic E-state index is -0.646. The quantitative estimate of drug-likeness (QED) is 0.145. The van der Waals surface area contributed by atoms with Gasteiger partial charge in [0, 0.05) is 32.8 Å². The molecule has 1 aromatic carbocycles. The summed E-state index contributed by atoms with van der Waals surface area (Å²) >= 11 is 0. The number of piperidine rings is 1. The van der Waals surface area contributed by atoms with Gasteiger partial charge < -0.3 is 35.2 Å². The number of rotatable bonds is 14. The molecule has 0 spiro atoms. The highest BCUT2D eigenvalue weighted by molar-refractivity contribution is 5.91. The van der Waals surface area contributed by atoms with Gasteiger partial charge in [-0.3, -0.25) is 9.59 Å². The van der Waals surface area contributed by atoms with E-state index in [-0.39, 0.29) is 36.4 Å². The normalized spacial score (nSPS) is 14.7. The second-order valence-corrected chi connectivity index (χ2v) is 9.23. The second-order valence-electron chi connectivity index (χ2n) is 9.23. The number of esters is 1. The van der Waals surface area contributed by atoms with Gasteiger partial charge in [-0.05, 0) is 62.5 Å².